The van der Waals surface area contributed by atoms with Crippen molar-refractivity contribution in [3.63, 3.8) is 0 Å². The van der Waals surface area contributed by atoms with Gasteiger partial charge in [-0.15, -0.1) is 0 Å². The molecule has 1 aliphatic heterocycles. The Morgan fingerprint density at radius 1 is 1.05 bits per heavy atom. The predicted octanol–water partition coefficient (Wildman–Crippen LogP) is 2.84. The molecular formula is C17H15N3O2. The number of pyridine rings is 1. The van der Waals surface area contributed by atoms with E-state index in [0.717, 1.165) is 34.4 Å². The van der Waals surface area contributed by atoms with Crippen molar-refractivity contribution in [3.8, 4) is 11.5 Å². The lowest BCUT2D eigenvalue weighted by atomic mass is 10.0. The van der Waals surface area contributed by atoms with Crippen molar-refractivity contribution in [3.05, 3.63) is 59.7 Å². The summed E-state index contributed by atoms with van der Waals surface area (Å²) in [5, 5.41) is 1.01. The first kappa shape index (κ1) is 12.9. The summed E-state index contributed by atoms with van der Waals surface area (Å²) in [4.78, 5) is 4.60. The molecule has 3 aromatic rings. The number of benzene rings is 2. The Morgan fingerprint density at radius 2 is 1.82 bits per heavy atom. The van der Waals surface area contributed by atoms with Crippen molar-refractivity contribution in [1.82, 2.24) is 4.98 Å². The SMILES string of the molecule is NNc1nc2cc3c(cc2cc1Cc1ccccc1)OCO3. The lowest BCUT2D eigenvalue weighted by Crippen LogP contribution is -2.11. The second-order valence-electron chi connectivity index (χ2n) is 5.20. The molecule has 4 rings (SSSR count). The first-order chi connectivity index (χ1) is 10.8. The Bertz CT molecular complexity index is 834. The molecule has 0 amide bonds. The number of hydrazine groups is 1. The highest BCUT2D eigenvalue weighted by atomic mass is 16.7. The van der Waals surface area contributed by atoms with E-state index in [2.05, 4.69) is 28.6 Å². The average Bonchev–Trinajstić information content (AvgIpc) is 3.00. The maximum absolute atomic E-state index is 5.64. The van der Waals surface area contributed by atoms with Crippen LogP contribution in [0.2, 0.25) is 0 Å². The summed E-state index contributed by atoms with van der Waals surface area (Å²) in [7, 11) is 0. The quantitative estimate of drug-likeness (QED) is 0.574. The van der Waals surface area contributed by atoms with Crippen LogP contribution in [0.25, 0.3) is 10.9 Å². The maximum Gasteiger partial charge on any atom is 0.231 e. The highest BCUT2D eigenvalue weighted by Crippen LogP contribution is 2.36. The molecule has 0 aliphatic carbocycles. The summed E-state index contributed by atoms with van der Waals surface area (Å²) < 4.78 is 10.8. The highest BCUT2D eigenvalue weighted by Gasteiger charge is 2.16. The molecule has 0 radical (unpaired) electrons. The van der Waals surface area contributed by atoms with Gasteiger partial charge in [0.05, 0.1) is 5.52 Å². The molecule has 0 fully saturated rings. The summed E-state index contributed by atoms with van der Waals surface area (Å²) in [6.07, 6.45) is 0.762. The molecule has 110 valence electrons. The summed E-state index contributed by atoms with van der Waals surface area (Å²) in [6, 6.07) is 16.2. The van der Waals surface area contributed by atoms with Gasteiger partial charge in [-0.2, -0.15) is 0 Å². The van der Waals surface area contributed by atoms with Gasteiger partial charge in [0.1, 0.15) is 5.82 Å². The molecule has 1 aliphatic rings. The number of aromatic nitrogens is 1. The van der Waals surface area contributed by atoms with Crippen LogP contribution < -0.4 is 20.7 Å². The Kier molecular flexibility index (Phi) is 3.05. The van der Waals surface area contributed by atoms with Gasteiger partial charge in [-0.1, -0.05) is 30.3 Å². The second-order valence-corrected chi connectivity index (χ2v) is 5.20. The van der Waals surface area contributed by atoms with Crippen molar-refractivity contribution in [2.45, 2.75) is 6.42 Å². The molecule has 2 aromatic carbocycles. The van der Waals surface area contributed by atoms with Crippen LogP contribution in [-0.2, 0) is 6.42 Å². The van der Waals surface area contributed by atoms with Crippen LogP contribution in [0, 0.1) is 0 Å². The molecule has 5 heteroatoms. The van der Waals surface area contributed by atoms with Crippen molar-refractivity contribution in [2.24, 2.45) is 5.84 Å². The zero-order valence-corrected chi connectivity index (χ0v) is 11.9. The molecule has 1 aromatic heterocycles. The van der Waals surface area contributed by atoms with Crippen LogP contribution in [0.5, 0.6) is 11.5 Å². The number of nitrogens with one attached hydrogen (secondary N) is 1. The molecule has 0 saturated heterocycles. The molecule has 0 saturated carbocycles. The normalized spacial score (nSPS) is 12.6. The molecule has 2 heterocycles. The summed E-state index contributed by atoms with van der Waals surface area (Å²) in [6.45, 7) is 0.254. The van der Waals surface area contributed by atoms with Crippen LogP contribution in [0.15, 0.2) is 48.5 Å². The summed E-state index contributed by atoms with van der Waals surface area (Å²) in [5.74, 6) is 7.79. The van der Waals surface area contributed by atoms with E-state index < -0.39 is 0 Å². The summed E-state index contributed by atoms with van der Waals surface area (Å²) >= 11 is 0. The fourth-order valence-electron chi connectivity index (χ4n) is 2.68. The molecular weight excluding hydrogens is 278 g/mol. The minimum atomic E-state index is 0.254. The Balaban J connectivity index is 1.81. The number of hydrogen-bond donors (Lipinski definition) is 2. The van der Waals surface area contributed by atoms with Crippen molar-refractivity contribution in [2.75, 3.05) is 12.2 Å². The van der Waals surface area contributed by atoms with Crippen LogP contribution in [0.1, 0.15) is 11.1 Å². The Hall–Kier alpha value is -2.79. The first-order valence-electron chi connectivity index (χ1n) is 7.07. The summed E-state index contributed by atoms with van der Waals surface area (Å²) in [5.41, 5.74) is 5.77. The maximum atomic E-state index is 5.64. The van der Waals surface area contributed by atoms with Gasteiger partial charge in [0.15, 0.2) is 11.5 Å². The Labute approximate surface area is 127 Å². The smallest absolute Gasteiger partial charge is 0.231 e. The molecule has 0 unspecified atom stereocenters. The number of nitrogens with two attached hydrogens (primary N) is 1. The molecule has 3 N–H and O–H groups in total. The van der Waals surface area contributed by atoms with Crippen molar-refractivity contribution >= 4 is 16.7 Å². The van der Waals surface area contributed by atoms with Crippen LogP contribution in [0.4, 0.5) is 5.82 Å². The topological polar surface area (TPSA) is 69.4 Å². The minimum absolute atomic E-state index is 0.254. The molecule has 5 nitrogen and oxygen atoms in total. The largest absolute Gasteiger partial charge is 0.454 e. The number of fused-ring (bicyclic) bond motifs is 2. The molecule has 22 heavy (non-hydrogen) atoms. The van der Waals surface area contributed by atoms with Crippen LogP contribution >= 0.6 is 0 Å². The van der Waals surface area contributed by atoms with Gasteiger partial charge in [0.2, 0.25) is 6.79 Å². The minimum Gasteiger partial charge on any atom is -0.454 e. The third-order valence-electron chi connectivity index (χ3n) is 3.76. The van der Waals surface area contributed by atoms with Crippen molar-refractivity contribution in [1.29, 1.82) is 0 Å². The Morgan fingerprint density at radius 3 is 2.59 bits per heavy atom. The van der Waals surface area contributed by atoms with E-state index in [-0.39, 0.29) is 6.79 Å². The lowest BCUT2D eigenvalue weighted by molar-refractivity contribution is 0.174. The van der Waals surface area contributed by atoms with E-state index in [4.69, 9.17) is 15.3 Å². The van der Waals surface area contributed by atoms with E-state index in [1.165, 1.54) is 5.56 Å². The van der Waals surface area contributed by atoms with Gasteiger partial charge in [-0.25, -0.2) is 10.8 Å². The average molecular weight is 293 g/mol. The molecule has 0 atom stereocenters. The molecule has 0 bridgehead atoms. The number of rotatable bonds is 3. The van der Waals surface area contributed by atoms with E-state index in [1.54, 1.807) is 0 Å². The number of nitrogen functional groups attached to an aromatic ring is 1. The number of hydrogen-bond acceptors (Lipinski definition) is 5. The lowest BCUT2D eigenvalue weighted by Gasteiger charge is -2.11. The van der Waals surface area contributed by atoms with Gasteiger partial charge >= 0.3 is 0 Å². The zero-order valence-electron chi connectivity index (χ0n) is 11.9. The van der Waals surface area contributed by atoms with Gasteiger partial charge < -0.3 is 14.9 Å². The van der Waals surface area contributed by atoms with E-state index in [1.807, 2.05) is 30.3 Å². The van der Waals surface area contributed by atoms with Crippen molar-refractivity contribution < 1.29 is 9.47 Å². The fourth-order valence-corrected chi connectivity index (χ4v) is 2.68. The second kappa shape index (κ2) is 5.20. The number of ether oxygens (including phenoxy) is 2. The van der Waals surface area contributed by atoms with Gasteiger partial charge in [0.25, 0.3) is 0 Å². The predicted molar refractivity (Wildman–Crippen MR) is 84.9 cm³/mol. The van der Waals surface area contributed by atoms with E-state index in [9.17, 15) is 0 Å². The highest BCUT2D eigenvalue weighted by molar-refractivity contribution is 5.85. The fraction of sp³-hybridized carbons (Fsp3) is 0.118. The van der Waals surface area contributed by atoms with E-state index >= 15 is 0 Å². The third kappa shape index (κ3) is 2.21. The van der Waals surface area contributed by atoms with Gasteiger partial charge in [0, 0.05) is 23.4 Å². The number of nitrogens with zero attached hydrogens (tertiary/aromatic N) is 1. The van der Waals surface area contributed by atoms with Gasteiger partial charge in [-0.05, 0) is 17.7 Å². The standard InChI is InChI=1S/C17H15N3O2/c18-20-17-13(6-11-4-2-1-3-5-11)7-12-8-15-16(22-10-21-15)9-14(12)19-17/h1-5,7-9H,6,10,18H2,(H,19,20). The van der Waals surface area contributed by atoms with Gasteiger partial charge in [-0.3, -0.25) is 0 Å². The van der Waals surface area contributed by atoms with E-state index in [0.29, 0.717) is 5.82 Å². The van der Waals surface area contributed by atoms with Crippen LogP contribution in [0.3, 0.4) is 0 Å². The molecule has 0 spiro atoms. The monoisotopic (exact) mass is 293 g/mol. The first-order valence-corrected chi connectivity index (χ1v) is 7.07. The van der Waals surface area contributed by atoms with Crippen LogP contribution in [-0.4, -0.2) is 11.8 Å². The zero-order chi connectivity index (χ0) is 14.9. The number of anilines is 1. The third-order valence-corrected chi connectivity index (χ3v) is 3.76.